The standard InChI is InChI=1S/C24H24N4O3/c1-18-7-4-8-19(15-18)26-24(30)21-10-2-3-11-22(21)27-23(29)17-28(13-6-12-25)16-20-9-5-14-31-20/h2-5,7-11,14-15H,6,13,16-17H2,1H3,(H,26,30)(H,27,29). The highest BCUT2D eigenvalue weighted by molar-refractivity contribution is 6.10. The number of amides is 2. The molecule has 3 aromatic rings. The zero-order chi connectivity index (χ0) is 22.1. The third-order valence-corrected chi connectivity index (χ3v) is 4.59. The van der Waals surface area contributed by atoms with Crippen LogP contribution in [0.5, 0.6) is 0 Å². The molecule has 0 aliphatic rings. The van der Waals surface area contributed by atoms with Gasteiger partial charge in [0.1, 0.15) is 5.76 Å². The molecule has 0 aliphatic heterocycles. The summed E-state index contributed by atoms with van der Waals surface area (Å²) in [5, 5.41) is 14.6. The number of nitriles is 1. The number of rotatable bonds is 9. The normalized spacial score (nSPS) is 10.5. The van der Waals surface area contributed by atoms with Gasteiger partial charge in [-0.15, -0.1) is 0 Å². The molecule has 1 heterocycles. The molecule has 7 nitrogen and oxygen atoms in total. The van der Waals surface area contributed by atoms with Gasteiger partial charge in [-0.2, -0.15) is 5.26 Å². The summed E-state index contributed by atoms with van der Waals surface area (Å²) in [5.41, 5.74) is 2.52. The molecule has 0 saturated heterocycles. The molecule has 0 saturated carbocycles. The Balaban J connectivity index is 1.67. The second-order valence-corrected chi connectivity index (χ2v) is 7.12. The minimum atomic E-state index is -0.307. The summed E-state index contributed by atoms with van der Waals surface area (Å²) in [6, 6.07) is 20.1. The third kappa shape index (κ3) is 6.56. The van der Waals surface area contributed by atoms with Crippen LogP contribution >= 0.6 is 0 Å². The average Bonchev–Trinajstić information content (AvgIpc) is 3.25. The second kappa shape index (κ2) is 10.8. The van der Waals surface area contributed by atoms with Crippen molar-refractivity contribution in [3.63, 3.8) is 0 Å². The van der Waals surface area contributed by atoms with Crippen molar-refractivity contribution in [1.29, 1.82) is 5.26 Å². The number of anilines is 2. The van der Waals surface area contributed by atoms with Gasteiger partial charge in [-0.25, -0.2) is 0 Å². The maximum absolute atomic E-state index is 12.8. The van der Waals surface area contributed by atoms with E-state index in [1.54, 1.807) is 36.6 Å². The van der Waals surface area contributed by atoms with Crippen LogP contribution in [0.2, 0.25) is 0 Å². The third-order valence-electron chi connectivity index (χ3n) is 4.59. The molecular formula is C24H24N4O3. The molecule has 158 valence electrons. The molecule has 2 aromatic carbocycles. The highest BCUT2D eigenvalue weighted by Gasteiger charge is 2.16. The lowest BCUT2D eigenvalue weighted by Crippen LogP contribution is -2.34. The van der Waals surface area contributed by atoms with E-state index in [9.17, 15) is 9.59 Å². The van der Waals surface area contributed by atoms with Gasteiger partial charge in [-0.3, -0.25) is 14.5 Å². The van der Waals surface area contributed by atoms with Crippen LogP contribution in [0.4, 0.5) is 11.4 Å². The van der Waals surface area contributed by atoms with Crippen molar-refractivity contribution in [3.8, 4) is 6.07 Å². The van der Waals surface area contributed by atoms with Crippen molar-refractivity contribution < 1.29 is 14.0 Å². The van der Waals surface area contributed by atoms with Gasteiger partial charge in [-0.1, -0.05) is 24.3 Å². The predicted molar refractivity (Wildman–Crippen MR) is 118 cm³/mol. The molecule has 0 spiro atoms. The number of carbonyl (C=O) groups is 2. The topological polar surface area (TPSA) is 98.4 Å². The Morgan fingerprint density at radius 3 is 2.65 bits per heavy atom. The smallest absolute Gasteiger partial charge is 0.257 e. The van der Waals surface area contributed by atoms with Crippen LogP contribution in [0.25, 0.3) is 0 Å². The molecule has 2 N–H and O–H groups in total. The minimum absolute atomic E-state index is 0.0657. The van der Waals surface area contributed by atoms with Gasteiger partial charge in [0.15, 0.2) is 0 Å². The first-order chi connectivity index (χ1) is 15.0. The highest BCUT2D eigenvalue weighted by atomic mass is 16.3. The summed E-state index contributed by atoms with van der Waals surface area (Å²) >= 11 is 0. The van der Waals surface area contributed by atoms with Gasteiger partial charge in [-0.05, 0) is 48.9 Å². The molecule has 0 bridgehead atoms. The molecule has 7 heteroatoms. The van der Waals surface area contributed by atoms with Gasteiger partial charge < -0.3 is 15.1 Å². The monoisotopic (exact) mass is 416 g/mol. The zero-order valence-corrected chi connectivity index (χ0v) is 17.3. The lowest BCUT2D eigenvalue weighted by molar-refractivity contribution is -0.117. The van der Waals surface area contributed by atoms with E-state index in [0.29, 0.717) is 42.2 Å². The molecular weight excluding hydrogens is 392 g/mol. The quantitative estimate of drug-likeness (QED) is 0.545. The zero-order valence-electron chi connectivity index (χ0n) is 17.3. The van der Waals surface area contributed by atoms with Crippen LogP contribution in [-0.2, 0) is 11.3 Å². The van der Waals surface area contributed by atoms with Crippen LogP contribution in [0.1, 0.15) is 28.1 Å². The summed E-state index contributed by atoms with van der Waals surface area (Å²) in [4.78, 5) is 27.3. The SMILES string of the molecule is Cc1cccc(NC(=O)c2ccccc2NC(=O)CN(CCC#N)Cc2ccco2)c1. The fraction of sp³-hybridized carbons (Fsp3) is 0.208. The number of para-hydroxylation sites is 1. The van der Waals surface area contributed by atoms with Crippen LogP contribution in [0.3, 0.4) is 0 Å². The maximum atomic E-state index is 12.8. The Bertz CT molecular complexity index is 1070. The van der Waals surface area contributed by atoms with E-state index in [-0.39, 0.29) is 18.4 Å². The number of carbonyl (C=O) groups excluding carboxylic acids is 2. The molecule has 0 atom stereocenters. The number of nitrogens with zero attached hydrogens (tertiary/aromatic N) is 2. The number of furan rings is 1. The van der Waals surface area contributed by atoms with Crippen molar-refractivity contribution >= 4 is 23.2 Å². The van der Waals surface area contributed by atoms with Crippen molar-refractivity contribution in [2.75, 3.05) is 23.7 Å². The van der Waals surface area contributed by atoms with Crippen molar-refractivity contribution in [2.24, 2.45) is 0 Å². The molecule has 0 radical (unpaired) electrons. The van der Waals surface area contributed by atoms with Crippen LogP contribution in [-0.4, -0.2) is 29.8 Å². The maximum Gasteiger partial charge on any atom is 0.257 e. The van der Waals surface area contributed by atoms with E-state index in [0.717, 1.165) is 5.56 Å². The molecule has 0 aliphatic carbocycles. The van der Waals surface area contributed by atoms with E-state index >= 15 is 0 Å². The minimum Gasteiger partial charge on any atom is -0.468 e. The van der Waals surface area contributed by atoms with E-state index in [2.05, 4.69) is 16.7 Å². The van der Waals surface area contributed by atoms with Crippen molar-refractivity contribution in [1.82, 2.24) is 4.90 Å². The fourth-order valence-electron chi connectivity index (χ4n) is 3.15. The Labute approximate surface area is 181 Å². The molecule has 31 heavy (non-hydrogen) atoms. The number of hydrogen-bond donors (Lipinski definition) is 2. The summed E-state index contributed by atoms with van der Waals surface area (Å²) < 4.78 is 5.35. The lowest BCUT2D eigenvalue weighted by atomic mass is 10.1. The number of hydrogen-bond acceptors (Lipinski definition) is 5. The van der Waals surface area contributed by atoms with Gasteiger partial charge >= 0.3 is 0 Å². The Morgan fingerprint density at radius 1 is 1.06 bits per heavy atom. The Morgan fingerprint density at radius 2 is 1.90 bits per heavy atom. The first-order valence-corrected chi connectivity index (χ1v) is 9.94. The first-order valence-electron chi connectivity index (χ1n) is 9.94. The number of benzene rings is 2. The fourth-order valence-corrected chi connectivity index (χ4v) is 3.15. The summed E-state index contributed by atoms with van der Waals surface area (Å²) in [6.45, 7) is 2.86. The second-order valence-electron chi connectivity index (χ2n) is 7.12. The summed E-state index contributed by atoms with van der Waals surface area (Å²) in [5.74, 6) is 0.127. The summed E-state index contributed by atoms with van der Waals surface area (Å²) in [7, 11) is 0. The van der Waals surface area contributed by atoms with Crippen molar-refractivity contribution in [2.45, 2.75) is 19.9 Å². The van der Waals surface area contributed by atoms with Gasteiger partial charge in [0.2, 0.25) is 5.91 Å². The van der Waals surface area contributed by atoms with Gasteiger partial charge in [0.25, 0.3) is 5.91 Å². The van der Waals surface area contributed by atoms with Crippen LogP contribution < -0.4 is 10.6 Å². The summed E-state index contributed by atoms with van der Waals surface area (Å²) in [6.07, 6.45) is 1.87. The average molecular weight is 416 g/mol. The highest BCUT2D eigenvalue weighted by Crippen LogP contribution is 2.18. The molecule has 0 fully saturated rings. The lowest BCUT2D eigenvalue weighted by Gasteiger charge is -2.20. The van der Waals surface area contributed by atoms with Crippen LogP contribution in [0.15, 0.2) is 71.3 Å². The molecule has 0 unspecified atom stereocenters. The largest absolute Gasteiger partial charge is 0.468 e. The number of nitrogens with one attached hydrogen (secondary N) is 2. The van der Waals surface area contributed by atoms with Gasteiger partial charge in [0.05, 0.1) is 36.7 Å². The molecule has 2 amide bonds. The van der Waals surface area contributed by atoms with Gasteiger partial charge in [0, 0.05) is 18.7 Å². The number of aryl methyl sites for hydroxylation is 1. The van der Waals surface area contributed by atoms with Crippen LogP contribution in [0, 0.1) is 18.3 Å². The first kappa shape index (κ1) is 21.8. The Kier molecular flexibility index (Phi) is 7.57. The van der Waals surface area contributed by atoms with E-state index < -0.39 is 0 Å². The van der Waals surface area contributed by atoms with Crippen molar-refractivity contribution in [3.05, 3.63) is 83.8 Å². The Hall–Kier alpha value is -3.89. The van der Waals surface area contributed by atoms with E-state index in [4.69, 9.17) is 9.68 Å². The van der Waals surface area contributed by atoms with E-state index in [1.165, 1.54) is 0 Å². The van der Waals surface area contributed by atoms with E-state index in [1.807, 2.05) is 42.2 Å². The predicted octanol–water partition coefficient (Wildman–Crippen LogP) is 4.19. The molecule has 3 rings (SSSR count). The molecule has 1 aromatic heterocycles.